The first-order valence-electron chi connectivity index (χ1n) is 16.5. The number of hydrogen-bond acceptors (Lipinski definition) is 0. The fourth-order valence-corrected chi connectivity index (χ4v) is 8.04. The van der Waals surface area contributed by atoms with Crippen LogP contribution in [-0.2, 0) is 41.5 Å². The Labute approximate surface area is 320 Å². The van der Waals surface area contributed by atoms with Gasteiger partial charge in [-0.25, -0.2) is 11.6 Å². The van der Waals surface area contributed by atoms with Gasteiger partial charge in [-0.1, -0.05) is 108 Å². The summed E-state index contributed by atoms with van der Waals surface area (Å²) in [6, 6.07) is 31.3. The molecule has 250 valence electrons. The van der Waals surface area contributed by atoms with E-state index in [1.807, 2.05) is 3.71 Å². The van der Waals surface area contributed by atoms with Crippen molar-refractivity contribution in [2.75, 3.05) is 0 Å². The molecule has 0 bridgehead atoms. The summed E-state index contributed by atoms with van der Waals surface area (Å²) >= 11 is 1.34. The summed E-state index contributed by atoms with van der Waals surface area (Å²) in [6.07, 6.45) is 7.13. The smallest absolute Gasteiger partial charge is 1.00 e. The van der Waals surface area contributed by atoms with Gasteiger partial charge in [0.2, 0.25) is 0 Å². The maximum absolute atomic E-state index is 12.2. The molecule has 0 atom stereocenters. The van der Waals surface area contributed by atoms with Gasteiger partial charge in [0.15, 0.2) is 0 Å². The topological polar surface area (TPSA) is 0 Å². The van der Waals surface area contributed by atoms with Crippen LogP contribution in [0.25, 0.3) is 33.4 Å². The van der Waals surface area contributed by atoms with Crippen molar-refractivity contribution in [1.82, 2.24) is 0 Å². The molecule has 0 nitrogen and oxygen atoms in total. The number of fused-ring (bicyclic) bond motifs is 5. The Morgan fingerprint density at radius 3 is 1.88 bits per heavy atom. The average Bonchev–Trinajstić information content (AvgIpc) is 3.70. The molecule has 0 aromatic heterocycles. The summed E-state index contributed by atoms with van der Waals surface area (Å²) in [6.45, 7) is 18.0. The largest absolute Gasteiger partial charge is 1.00 e. The van der Waals surface area contributed by atoms with Gasteiger partial charge in [0, 0.05) is 5.41 Å². The number of rotatable bonds is 2. The number of halogens is 3. The SMILES string of the molecule is CC1=[C-]C(C)(C)c2cc3c(cc21)-c1cc2c(cc1C3)C(C)(C)C=C2C.Cc1cc(-c2ccccc2)c(C)[cH-]1.Fc1ccc([CH]=[Zr+2])cc1.[Cl-].[Cl-]. The molecule has 4 heteroatoms. The monoisotopic (exact) mass is 762 g/mol. The van der Waals surface area contributed by atoms with Crippen molar-refractivity contribution in [3.05, 3.63) is 159 Å². The minimum Gasteiger partial charge on any atom is -1.00 e. The number of hydrogen-bond donors (Lipinski definition) is 0. The average molecular weight is 765 g/mol. The normalized spacial score (nSPS) is 14.9. The molecule has 5 aromatic carbocycles. The number of allylic oxidation sites excluding steroid dienone is 4. The predicted molar refractivity (Wildman–Crippen MR) is 195 cm³/mol. The van der Waals surface area contributed by atoms with Crippen molar-refractivity contribution >= 4 is 14.9 Å². The van der Waals surface area contributed by atoms with Crippen molar-refractivity contribution in [3.63, 3.8) is 0 Å². The summed E-state index contributed by atoms with van der Waals surface area (Å²) in [5.41, 5.74) is 21.0. The molecule has 0 aliphatic heterocycles. The minimum atomic E-state index is -0.170. The number of aryl methyl sites for hydroxylation is 2. The van der Waals surface area contributed by atoms with Gasteiger partial charge < -0.3 is 24.8 Å². The molecular weight excluding hydrogens is 722 g/mol. The Morgan fingerprint density at radius 1 is 0.714 bits per heavy atom. The Balaban J connectivity index is 0.000000190. The second-order valence-corrected chi connectivity index (χ2v) is 15.1. The summed E-state index contributed by atoms with van der Waals surface area (Å²) in [5, 5.41) is 0. The van der Waals surface area contributed by atoms with E-state index < -0.39 is 0 Å². The molecule has 0 N–H and O–H groups in total. The molecule has 0 heterocycles. The van der Waals surface area contributed by atoms with Crippen molar-refractivity contribution in [1.29, 1.82) is 0 Å². The van der Waals surface area contributed by atoms with Crippen molar-refractivity contribution in [2.24, 2.45) is 0 Å². The van der Waals surface area contributed by atoms with E-state index in [0.717, 1.165) is 12.0 Å². The third-order valence-electron chi connectivity index (χ3n) is 9.79. The molecule has 0 saturated carbocycles. The van der Waals surface area contributed by atoms with E-state index in [2.05, 4.69) is 134 Å². The molecule has 0 radical (unpaired) electrons. The summed E-state index contributed by atoms with van der Waals surface area (Å²) < 4.78 is 14.2. The van der Waals surface area contributed by atoms with Crippen LogP contribution in [0.5, 0.6) is 0 Å². The Kier molecular flexibility index (Phi) is 11.9. The fourth-order valence-electron chi connectivity index (χ4n) is 7.57. The maximum Gasteiger partial charge on any atom is -1.00 e. The molecule has 0 amide bonds. The van der Waals surface area contributed by atoms with Crippen LogP contribution in [0.1, 0.15) is 91.6 Å². The molecule has 0 saturated heterocycles. The first kappa shape index (κ1) is 38.8. The van der Waals surface area contributed by atoms with E-state index in [1.54, 1.807) is 12.1 Å². The zero-order valence-electron chi connectivity index (χ0n) is 29.7. The van der Waals surface area contributed by atoms with E-state index in [-0.39, 0.29) is 41.5 Å². The van der Waals surface area contributed by atoms with Crippen LogP contribution < -0.4 is 24.8 Å². The molecule has 0 fully saturated rings. The van der Waals surface area contributed by atoms with Crippen LogP contribution >= 0.6 is 0 Å². The molecule has 49 heavy (non-hydrogen) atoms. The van der Waals surface area contributed by atoms with Crippen LogP contribution in [0.2, 0.25) is 0 Å². The quantitative estimate of drug-likeness (QED) is 0.200. The van der Waals surface area contributed by atoms with Crippen molar-refractivity contribution < 1.29 is 53.4 Å². The van der Waals surface area contributed by atoms with Gasteiger partial charge in [0.1, 0.15) is 0 Å². The van der Waals surface area contributed by atoms with E-state index >= 15 is 0 Å². The minimum absolute atomic E-state index is 0. The summed E-state index contributed by atoms with van der Waals surface area (Å²) in [4.78, 5) is 0. The predicted octanol–water partition coefficient (Wildman–Crippen LogP) is 5.67. The molecule has 0 unspecified atom stereocenters. The fraction of sp³-hybridized carbons (Fsp3) is 0.244. The third kappa shape index (κ3) is 7.83. The Morgan fingerprint density at radius 2 is 1.31 bits per heavy atom. The van der Waals surface area contributed by atoms with Gasteiger partial charge in [-0.3, -0.25) is 6.08 Å². The summed E-state index contributed by atoms with van der Waals surface area (Å²) in [5.74, 6) is -0.170. The van der Waals surface area contributed by atoms with Crippen LogP contribution in [-0.4, -0.2) is 3.71 Å². The first-order valence-corrected chi connectivity index (χ1v) is 17.9. The summed E-state index contributed by atoms with van der Waals surface area (Å²) in [7, 11) is 0. The molecule has 8 rings (SSSR count). The van der Waals surface area contributed by atoms with Crippen LogP contribution in [0.3, 0.4) is 0 Å². The zero-order valence-corrected chi connectivity index (χ0v) is 33.6. The van der Waals surface area contributed by atoms with Crippen LogP contribution in [0.15, 0.2) is 97.1 Å². The second kappa shape index (κ2) is 15.1. The van der Waals surface area contributed by atoms with Gasteiger partial charge >= 0.3 is 68.0 Å². The molecule has 3 aliphatic carbocycles. The zero-order chi connectivity index (χ0) is 33.7. The van der Waals surface area contributed by atoms with Crippen LogP contribution in [0, 0.1) is 25.7 Å². The van der Waals surface area contributed by atoms with Gasteiger partial charge in [0.05, 0.1) is 0 Å². The van der Waals surface area contributed by atoms with Gasteiger partial charge in [0.25, 0.3) is 0 Å². The first-order chi connectivity index (χ1) is 22.3. The van der Waals surface area contributed by atoms with Crippen LogP contribution in [0.4, 0.5) is 4.39 Å². The van der Waals surface area contributed by atoms with E-state index in [4.69, 9.17) is 0 Å². The van der Waals surface area contributed by atoms with Crippen molar-refractivity contribution in [2.45, 2.75) is 72.6 Å². The van der Waals surface area contributed by atoms with Gasteiger partial charge in [-0.2, -0.15) is 28.3 Å². The number of benzene rings is 4. The Hall–Kier alpha value is -3.03. The van der Waals surface area contributed by atoms with Crippen molar-refractivity contribution in [3.8, 4) is 22.3 Å². The maximum atomic E-state index is 12.2. The molecule has 5 aromatic rings. The van der Waals surface area contributed by atoms with E-state index in [9.17, 15) is 4.39 Å². The standard InChI is InChI=1S/C25H25.C13H13.C7H5F.2ClH.Zr/c1-14-12-24(3,4)22-8-16-7-17-9-23-19(15(2)13-25(23,5)6)11-21(17)20(16)10-18(14)22;1-10-8-11(2)13(9-10)12-6-4-3-5-7-12;1-6-2-4-7(8)5-3-6;;;/h8-12H,7H2,1-6H3;3-9H,1-2H3;1-5H;2*1H;/q2*-1;;;;+2/p-2. The van der Waals surface area contributed by atoms with E-state index in [0.29, 0.717) is 0 Å². The van der Waals surface area contributed by atoms with Gasteiger partial charge in [-0.15, -0.1) is 11.6 Å². The molecule has 0 spiro atoms. The second-order valence-electron chi connectivity index (χ2n) is 14.4. The molecular formula is C45H43Cl2FZr-2. The third-order valence-corrected chi connectivity index (χ3v) is 10.6. The van der Waals surface area contributed by atoms with Gasteiger partial charge in [-0.05, 0) is 58.4 Å². The molecule has 3 aliphatic rings. The van der Waals surface area contributed by atoms with E-state index in [1.165, 1.54) is 114 Å². The Bertz CT molecular complexity index is 1970.